The summed E-state index contributed by atoms with van der Waals surface area (Å²) in [5, 5.41) is 13.1. The number of carboxylic acid groups (broad SMARTS) is 1. The number of carbonyl (C=O) groups excluding carboxylic acids is 1. The highest BCUT2D eigenvalue weighted by Crippen LogP contribution is 2.45. The fraction of sp³-hybridized carbons (Fsp3) is 0.273. The van der Waals surface area contributed by atoms with Crippen molar-refractivity contribution in [1.82, 2.24) is 0 Å². The molecule has 4 atom stereocenters. The summed E-state index contributed by atoms with van der Waals surface area (Å²) in [4.78, 5) is 24.5. The van der Waals surface area contributed by atoms with Gasteiger partial charge in [-0.2, -0.15) is 0 Å². The number of ether oxygens (including phenoxy) is 1. The first-order chi connectivity index (χ1) is 13.5. The van der Waals surface area contributed by atoms with Crippen molar-refractivity contribution in [2.24, 2.45) is 23.7 Å². The van der Waals surface area contributed by atoms with Gasteiger partial charge in [-0.15, -0.1) is 0 Å². The molecule has 2 N–H and O–H groups in total. The van der Waals surface area contributed by atoms with Gasteiger partial charge in [-0.25, -0.2) is 0 Å². The van der Waals surface area contributed by atoms with Gasteiger partial charge in [0.05, 0.1) is 11.8 Å². The van der Waals surface area contributed by atoms with E-state index in [1.54, 1.807) is 48.5 Å². The first-order valence-electron chi connectivity index (χ1n) is 9.27. The number of hydrogen-bond acceptors (Lipinski definition) is 3. The first kappa shape index (κ1) is 18.6. The number of amides is 1. The Morgan fingerprint density at radius 1 is 0.893 bits per heavy atom. The van der Waals surface area contributed by atoms with Gasteiger partial charge < -0.3 is 15.2 Å². The molecule has 2 aromatic rings. The Balaban J connectivity index is 1.44. The number of anilines is 1. The molecule has 1 saturated carbocycles. The summed E-state index contributed by atoms with van der Waals surface area (Å²) in [5.74, 6) is -1.11. The highest BCUT2D eigenvalue weighted by atomic mass is 35.5. The van der Waals surface area contributed by atoms with Crippen molar-refractivity contribution < 1.29 is 19.4 Å². The van der Waals surface area contributed by atoms with Gasteiger partial charge in [0.1, 0.15) is 11.5 Å². The van der Waals surface area contributed by atoms with E-state index in [9.17, 15) is 14.7 Å². The standard InChI is InChI=1S/C22H20ClNO4/c23-15-5-9-17(10-6-15)28-18-11-7-16(8-12-18)24-21(25)19-13-1-3-14(4-2-13)20(19)22(26)27/h1,3,5-14,19-20H,2,4H2,(H,24,25)(H,26,27). The van der Waals surface area contributed by atoms with Gasteiger partial charge in [0, 0.05) is 10.7 Å². The molecule has 0 aliphatic heterocycles. The van der Waals surface area contributed by atoms with E-state index in [0.717, 1.165) is 12.8 Å². The molecule has 0 saturated heterocycles. The molecule has 0 radical (unpaired) electrons. The van der Waals surface area contributed by atoms with E-state index in [1.165, 1.54) is 0 Å². The monoisotopic (exact) mass is 397 g/mol. The summed E-state index contributed by atoms with van der Waals surface area (Å²) in [6.45, 7) is 0. The molecular formula is C22H20ClNO4. The molecular weight excluding hydrogens is 378 g/mol. The van der Waals surface area contributed by atoms with Gasteiger partial charge in [-0.1, -0.05) is 23.8 Å². The second kappa shape index (κ2) is 7.68. The molecule has 0 heterocycles. The van der Waals surface area contributed by atoms with Crippen LogP contribution in [0.15, 0.2) is 60.7 Å². The second-order valence-electron chi connectivity index (χ2n) is 7.25. The third kappa shape index (κ3) is 3.76. The molecule has 144 valence electrons. The zero-order chi connectivity index (χ0) is 19.7. The number of benzene rings is 2. The van der Waals surface area contributed by atoms with Crippen molar-refractivity contribution in [1.29, 1.82) is 0 Å². The Morgan fingerprint density at radius 2 is 1.43 bits per heavy atom. The Labute approximate surface area is 168 Å². The number of fused-ring (bicyclic) bond motifs is 2. The number of allylic oxidation sites excluding steroid dienone is 2. The molecule has 3 aliphatic carbocycles. The van der Waals surface area contributed by atoms with Crippen molar-refractivity contribution in [2.75, 3.05) is 5.32 Å². The zero-order valence-electron chi connectivity index (χ0n) is 15.0. The number of aliphatic carboxylic acids is 1. The number of halogens is 1. The van der Waals surface area contributed by atoms with E-state index in [-0.39, 0.29) is 17.7 Å². The van der Waals surface area contributed by atoms with Crippen molar-refractivity contribution in [3.05, 3.63) is 65.7 Å². The van der Waals surface area contributed by atoms with Crippen LogP contribution in [0.2, 0.25) is 5.02 Å². The Bertz CT molecular complexity index is 907. The number of carboxylic acids is 1. The average molecular weight is 398 g/mol. The summed E-state index contributed by atoms with van der Waals surface area (Å²) in [7, 11) is 0. The van der Waals surface area contributed by atoms with Crippen LogP contribution in [-0.4, -0.2) is 17.0 Å². The maximum absolute atomic E-state index is 12.8. The molecule has 3 aliphatic rings. The Morgan fingerprint density at radius 3 is 1.96 bits per heavy atom. The van der Waals surface area contributed by atoms with Gasteiger partial charge in [0.15, 0.2) is 0 Å². The van der Waals surface area contributed by atoms with E-state index < -0.39 is 17.8 Å². The molecule has 0 spiro atoms. The van der Waals surface area contributed by atoms with Crippen LogP contribution in [0.4, 0.5) is 5.69 Å². The lowest BCUT2D eigenvalue weighted by atomic mass is 9.62. The highest BCUT2D eigenvalue weighted by Gasteiger charge is 2.48. The maximum atomic E-state index is 12.8. The molecule has 1 fully saturated rings. The van der Waals surface area contributed by atoms with Crippen LogP contribution in [-0.2, 0) is 9.59 Å². The summed E-state index contributed by atoms with van der Waals surface area (Å²) in [6, 6.07) is 14.0. The summed E-state index contributed by atoms with van der Waals surface area (Å²) in [5.41, 5.74) is 0.614. The lowest BCUT2D eigenvalue weighted by Crippen LogP contribution is -2.47. The topological polar surface area (TPSA) is 75.6 Å². The van der Waals surface area contributed by atoms with Crippen LogP contribution < -0.4 is 10.1 Å². The molecule has 0 aromatic heterocycles. The van der Waals surface area contributed by atoms with E-state index in [0.29, 0.717) is 22.2 Å². The Hall–Kier alpha value is -2.79. The highest BCUT2D eigenvalue weighted by molar-refractivity contribution is 6.30. The van der Waals surface area contributed by atoms with Crippen LogP contribution in [0.25, 0.3) is 0 Å². The van der Waals surface area contributed by atoms with E-state index in [4.69, 9.17) is 16.3 Å². The molecule has 5 nitrogen and oxygen atoms in total. The first-order valence-corrected chi connectivity index (χ1v) is 9.64. The third-order valence-corrected chi connectivity index (χ3v) is 5.76. The van der Waals surface area contributed by atoms with Crippen LogP contribution in [0.3, 0.4) is 0 Å². The fourth-order valence-corrected chi connectivity index (χ4v) is 4.28. The van der Waals surface area contributed by atoms with Gasteiger partial charge in [-0.3, -0.25) is 9.59 Å². The molecule has 2 bridgehead atoms. The summed E-state index contributed by atoms with van der Waals surface area (Å²) in [6.07, 6.45) is 5.65. The van der Waals surface area contributed by atoms with Crippen LogP contribution in [0.1, 0.15) is 12.8 Å². The van der Waals surface area contributed by atoms with Crippen LogP contribution in [0, 0.1) is 23.7 Å². The lowest BCUT2D eigenvalue weighted by Gasteiger charge is -2.41. The third-order valence-electron chi connectivity index (χ3n) is 5.51. The van der Waals surface area contributed by atoms with Gasteiger partial charge >= 0.3 is 5.97 Å². The van der Waals surface area contributed by atoms with E-state index >= 15 is 0 Å². The van der Waals surface area contributed by atoms with Crippen molar-refractivity contribution >= 4 is 29.2 Å². The molecule has 6 heteroatoms. The zero-order valence-corrected chi connectivity index (χ0v) is 15.8. The minimum atomic E-state index is -0.897. The molecule has 4 unspecified atom stereocenters. The van der Waals surface area contributed by atoms with E-state index in [1.807, 2.05) is 12.2 Å². The number of rotatable bonds is 5. The Kier molecular flexibility index (Phi) is 5.09. The molecule has 2 aromatic carbocycles. The van der Waals surface area contributed by atoms with Crippen LogP contribution in [0.5, 0.6) is 11.5 Å². The second-order valence-corrected chi connectivity index (χ2v) is 7.69. The largest absolute Gasteiger partial charge is 0.481 e. The summed E-state index contributed by atoms with van der Waals surface area (Å²) < 4.78 is 5.74. The molecule has 1 amide bonds. The predicted octanol–water partition coefficient (Wildman–Crippen LogP) is 4.98. The minimum absolute atomic E-state index is 0.0152. The van der Waals surface area contributed by atoms with Gasteiger partial charge in [0.25, 0.3) is 0 Å². The number of hydrogen-bond donors (Lipinski definition) is 2. The normalized spacial score (nSPS) is 25.3. The number of nitrogens with one attached hydrogen (secondary N) is 1. The van der Waals surface area contributed by atoms with Crippen molar-refractivity contribution in [3.8, 4) is 11.5 Å². The molecule has 28 heavy (non-hydrogen) atoms. The van der Waals surface area contributed by atoms with Crippen LogP contribution >= 0.6 is 11.6 Å². The fourth-order valence-electron chi connectivity index (χ4n) is 4.16. The van der Waals surface area contributed by atoms with Gasteiger partial charge in [0.2, 0.25) is 5.91 Å². The SMILES string of the molecule is O=C(O)C1C2C=CC(CC2)C1C(=O)Nc1ccc(Oc2ccc(Cl)cc2)cc1. The maximum Gasteiger partial charge on any atom is 0.307 e. The van der Waals surface area contributed by atoms with Crippen molar-refractivity contribution in [3.63, 3.8) is 0 Å². The quantitative estimate of drug-likeness (QED) is 0.697. The number of carbonyl (C=O) groups is 2. The average Bonchev–Trinajstić information content (AvgIpc) is 2.71. The van der Waals surface area contributed by atoms with Crippen molar-refractivity contribution in [2.45, 2.75) is 12.8 Å². The smallest absolute Gasteiger partial charge is 0.307 e. The summed E-state index contributed by atoms with van der Waals surface area (Å²) >= 11 is 5.86. The molecule has 5 rings (SSSR count). The lowest BCUT2D eigenvalue weighted by molar-refractivity contribution is -0.151. The van der Waals surface area contributed by atoms with E-state index in [2.05, 4.69) is 5.32 Å². The predicted molar refractivity (Wildman–Crippen MR) is 107 cm³/mol. The van der Waals surface area contributed by atoms with Gasteiger partial charge in [-0.05, 0) is 73.2 Å². The minimum Gasteiger partial charge on any atom is -0.481 e.